The van der Waals surface area contributed by atoms with Gasteiger partial charge in [0.15, 0.2) is 0 Å². The van der Waals surface area contributed by atoms with Gasteiger partial charge in [0.2, 0.25) is 5.91 Å². The topological polar surface area (TPSA) is 32.3 Å². The van der Waals surface area contributed by atoms with Crippen LogP contribution in [0.15, 0.2) is 47.4 Å². The Kier molecular flexibility index (Phi) is 6.29. The molecule has 0 unspecified atom stereocenters. The molecule has 1 fully saturated rings. The second kappa shape index (κ2) is 8.45. The van der Waals surface area contributed by atoms with Crippen LogP contribution in [-0.4, -0.2) is 30.9 Å². The fourth-order valence-electron chi connectivity index (χ4n) is 2.81. The summed E-state index contributed by atoms with van der Waals surface area (Å²) in [5.74, 6) is 1.15. The molecular formula is C19H20Cl2N2OS. The summed E-state index contributed by atoms with van der Waals surface area (Å²) < 4.78 is 0. The van der Waals surface area contributed by atoms with Crippen molar-refractivity contribution in [1.29, 1.82) is 0 Å². The predicted octanol–water partition coefficient (Wildman–Crippen LogP) is 4.46. The van der Waals surface area contributed by atoms with Crippen molar-refractivity contribution < 1.29 is 4.79 Å². The highest BCUT2D eigenvalue weighted by atomic mass is 35.5. The predicted molar refractivity (Wildman–Crippen MR) is 105 cm³/mol. The molecule has 1 saturated heterocycles. The molecular weight excluding hydrogens is 375 g/mol. The number of halogens is 2. The minimum Gasteiger partial charge on any atom is -0.359 e. The zero-order chi connectivity index (χ0) is 17.8. The van der Waals surface area contributed by atoms with Crippen LogP contribution in [-0.2, 0) is 17.1 Å². The summed E-state index contributed by atoms with van der Waals surface area (Å²) in [6.07, 6.45) is 0. The van der Waals surface area contributed by atoms with Gasteiger partial charge >= 0.3 is 0 Å². The van der Waals surface area contributed by atoms with E-state index >= 15 is 0 Å². The second-order valence-corrected chi connectivity index (χ2v) is 8.05. The molecule has 0 saturated carbocycles. The van der Waals surface area contributed by atoms with Gasteiger partial charge in [-0.25, -0.2) is 0 Å². The summed E-state index contributed by atoms with van der Waals surface area (Å²) in [6, 6.07) is 14.4. The lowest BCUT2D eigenvalue weighted by Gasteiger charge is -2.38. The lowest BCUT2D eigenvalue weighted by Crippen LogP contribution is -2.52. The number of nitrogens with one attached hydrogen (secondary N) is 1. The number of rotatable bonds is 6. The highest BCUT2D eigenvalue weighted by Crippen LogP contribution is 2.28. The molecule has 2 aromatic carbocycles. The SMILES string of the molecule is CNC(=O)C1CN(Cc2ccc(SCc3ccc(Cl)c(Cl)c3)cc2)C1. The molecule has 1 amide bonds. The molecule has 6 heteroatoms. The molecule has 3 rings (SSSR count). The average molecular weight is 395 g/mol. The first-order chi connectivity index (χ1) is 12.0. The van der Waals surface area contributed by atoms with Crippen molar-refractivity contribution in [2.75, 3.05) is 20.1 Å². The summed E-state index contributed by atoms with van der Waals surface area (Å²) in [5, 5.41) is 3.89. The number of carbonyl (C=O) groups excluding carboxylic acids is 1. The highest BCUT2D eigenvalue weighted by Gasteiger charge is 2.31. The van der Waals surface area contributed by atoms with E-state index in [1.54, 1.807) is 18.8 Å². The summed E-state index contributed by atoms with van der Waals surface area (Å²) in [7, 11) is 1.69. The molecule has 0 atom stereocenters. The Morgan fingerprint density at radius 2 is 1.80 bits per heavy atom. The number of thioether (sulfide) groups is 1. The number of hydrogen-bond acceptors (Lipinski definition) is 3. The van der Waals surface area contributed by atoms with Crippen LogP contribution in [0.4, 0.5) is 0 Å². The number of amides is 1. The summed E-state index contributed by atoms with van der Waals surface area (Å²) in [5.41, 5.74) is 2.43. The molecule has 3 nitrogen and oxygen atoms in total. The second-order valence-electron chi connectivity index (χ2n) is 6.19. The Bertz CT molecular complexity index is 746. The molecule has 25 heavy (non-hydrogen) atoms. The van der Waals surface area contributed by atoms with Crippen LogP contribution in [0.25, 0.3) is 0 Å². The molecule has 0 spiro atoms. The van der Waals surface area contributed by atoms with Crippen LogP contribution in [0, 0.1) is 5.92 Å². The van der Waals surface area contributed by atoms with Crippen LogP contribution in [0.3, 0.4) is 0 Å². The maximum Gasteiger partial charge on any atom is 0.225 e. The van der Waals surface area contributed by atoms with Gasteiger partial charge in [0.25, 0.3) is 0 Å². The number of nitrogens with zero attached hydrogens (tertiary/aromatic N) is 1. The van der Waals surface area contributed by atoms with Gasteiger partial charge in [-0.05, 0) is 35.4 Å². The van der Waals surface area contributed by atoms with E-state index in [1.165, 1.54) is 10.5 Å². The van der Waals surface area contributed by atoms with E-state index in [0.29, 0.717) is 10.0 Å². The molecule has 1 aliphatic heterocycles. The molecule has 0 aliphatic carbocycles. The van der Waals surface area contributed by atoms with Gasteiger partial charge in [-0.1, -0.05) is 41.4 Å². The largest absolute Gasteiger partial charge is 0.359 e. The van der Waals surface area contributed by atoms with Crippen molar-refractivity contribution in [2.45, 2.75) is 17.2 Å². The lowest BCUT2D eigenvalue weighted by molar-refractivity contribution is -0.129. The zero-order valence-corrected chi connectivity index (χ0v) is 16.3. The van der Waals surface area contributed by atoms with Crippen molar-refractivity contribution in [1.82, 2.24) is 10.2 Å². The summed E-state index contributed by atoms with van der Waals surface area (Å²) in [4.78, 5) is 15.0. The van der Waals surface area contributed by atoms with Crippen molar-refractivity contribution in [2.24, 2.45) is 5.92 Å². The van der Waals surface area contributed by atoms with Crippen molar-refractivity contribution in [3.8, 4) is 0 Å². The van der Waals surface area contributed by atoms with Gasteiger partial charge < -0.3 is 5.32 Å². The van der Waals surface area contributed by atoms with E-state index < -0.39 is 0 Å². The molecule has 1 aliphatic rings. The highest BCUT2D eigenvalue weighted by molar-refractivity contribution is 7.98. The Morgan fingerprint density at radius 1 is 1.12 bits per heavy atom. The van der Waals surface area contributed by atoms with Crippen LogP contribution in [0.5, 0.6) is 0 Å². The van der Waals surface area contributed by atoms with Gasteiger partial charge in [-0.2, -0.15) is 0 Å². The van der Waals surface area contributed by atoms with E-state index in [4.69, 9.17) is 23.2 Å². The Labute approximate surface area is 162 Å². The fraction of sp³-hybridized carbons (Fsp3) is 0.316. The third kappa shape index (κ3) is 4.91. The smallest absolute Gasteiger partial charge is 0.225 e. The monoisotopic (exact) mass is 394 g/mol. The lowest BCUT2D eigenvalue weighted by atomic mass is 9.98. The van der Waals surface area contributed by atoms with Gasteiger partial charge in [0.1, 0.15) is 0 Å². The van der Waals surface area contributed by atoms with E-state index in [9.17, 15) is 4.79 Å². The normalized spacial score (nSPS) is 15.0. The number of carbonyl (C=O) groups is 1. The van der Waals surface area contributed by atoms with Crippen molar-refractivity contribution >= 4 is 40.9 Å². The number of hydrogen-bond donors (Lipinski definition) is 1. The van der Waals surface area contributed by atoms with Crippen molar-refractivity contribution in [3.63, 3.8) is 0 Å². The van der Waals surface area contributed by atoms with E-state index in [-0.39, 0.29) is 11.8 Å². The first-order valence-corrected chi connectivity index (χ1v) is 9.89. The Morgan fingerprint density at radius 3 is 2.44 bits per heavy atom. The molecule has 0 bridgehead atoms. The van der Waals surface area contributed by atoms with Gasteiger partial charge in [0, 0.05) is 37.3 Å². The van der Waals surface area contributed by atoms with E-state index in [0.717, 1.165) is 31.0 Å². The third-order valence-electron chi connectivity index (χ3n) is 4.29. The Hall–Kier alpha value is -1.20. The van der Waals surface area contributed by atoms with Crippen molar-refractivity contribution in [3.05, 3.63) is 63.6 Å². The minimum atomic E-state index is 0.144. The third-order valence-corrected chi connectivity index (χ3v) is 6.12. The fourth-order valence-corrected chi connectivity index (χ4v) is 3.98. The molecule has 132 valence electrons. The van der Waals surface area contributed by atoms with Gasteiger partial charge in [0.05, 0.1) is 16.0 Å². The van der Waals surface area contributed by atoms with Crippen LogP contribution in [0.2, 0.25) is 10.0 Å². The maximum atomic E-state index is 11.5. The number of likely N-dealkylation sites (tertiary alicyclic amines) is 1. The molecule has 0 radical (unpaired) electrons. The minimum absolute atomic E-state index is 0.144. The molecule has 2 aromatic rings. The quantitative estimate of drug-likeness (QED) is 0.733. The average Bonchev–Trinajstić information content (AvgIpc) is 2.59. The van der Waals surface area contributed by atoms with Crippen LogP contribution >= 0.6 is 35.0 Å². The van der Waals surface area contributed by atoms with Crippen LogP contribution < -0.4 is 5.32 Å². The number of benzene rings is 2. The van der Waals surface area contributed by atoms with E-state index in [2.05, 4.69) is 34.5 Å². The summed E-state index contributed by atoms with van der Waals surface area (Å²) >= 11 is 13.8. The Balaban J connectivity index is 1.47. The first-order valence-electron chi connectivity index (χ1n) is 8.15. The maximum absolute atomic E-state index is 11.5. The summed E-state index contributed by atoms with van der Waals surface area (Å²) in [6.45, 7) is 2.58. The standard InChI is InChI=1S/C19H20Cl2N2OS/c1-22-19(24)15-10-23(11-15)9-13-2-5-16(6-3-13)25-12-14-4-7-17(20)18(21)8-14/h2-8,15H,9-12H2,1H3,(H,22,24). The van der Waals surface area contributed by atoms with Gasteiger partial charge in [-0.3, -0.25) is 9.69 Å². The molecule has 1 heterocycles. The van der Waals surface area contributed by atoms with Gasteiger partial charge in [-0.15, -0.1) is 11.8 Å². The van der Waals surface area contributed by atoms with E-state index in [1.807, 2.05) is 18.2 Å². The molecule has 1 N–H and O–H groups in total. The zero-order valence-electron chi connectivity index (χ0n) is 14.0. The first kappa shape index (κ1) is 18.6. The van der Waals surface area contributed by atoms with Crippen LogP contribution in [0.1, 0.15) is 11.1 Å². The molecule has 0 aromatic heterocycles.